The predicted molar refractivity (Wildman–Crippen MR) is 103 cm³/mol. The van der Waals surface area contributed by atoms with E-state index in [1.165, 1.54) is 12.1 Å². The molecule has 1 heterocycles. The fourth-order valence-electron chi connectivity index (χ4n) is 4.41. The minimum absolute atomic E-state index is 0.0125. The third-order valence-corrected chi connectivity index (χ3v) is 7.45. The molecule has 0 aromatic heterocycles. The normalized spacial score (nSPS) is 33.6. The Bertz CT molecular complexity index is 770. The standard InChI is InChI=1S/C19H22ClFN2O3S/c1-11-4-15(27-7-11)17(25)23-19-8-18(9-19,10-19)22-16(24)6-26-12-2-3-13(20)14(21)5-12/h2-3,5,11,15H,4,6-10H2,1H3,(H,22,24)(H,23,25). The molecule has 5 rings (SSSR count). The molecule has 3 saturated carbocycles. The molecule has 0 radical (unpaired) electrons. The number of carbonyl (C=O) groups is 2. The van der Waals surface area contributed by atoms with Crippen molar-refractivity contribution in [1.29, 1.82) is 0 Å². The van der Waals surface area contributed by atoms with Crippen molar-refractivity contribution in [1.82, 2.24) is 10.6 Å². The molecule has 27 heavy (non-hydrogen) atoms. The van der Waals surface area contributed by atoms with Gasteiger partial charge >= 0.3 is 0 Å². The maximum atomic E-state index is 13.4. The van der Waals surface area contributed by atoms with Gasteiger partial charge in [0.05, 0.1) is 10.3 Å². The summed E-state index contributed by atoms with van der Waals surface area (Å²) in [6.45, 7) is 1.99. The molecule has 2 amide bonds. The van der Waals surface area contributed by atoms with Crippen LogP contribution in [0, 0.1) is 11.7 Å². The highest BCUT2D eigenvalue weighted by Crippen LogP contribution is 2.60. The molecule has 1 aliphatic heterocycles. The first-order chi connectivity index (χ1) is 12.8. The molecular weight excluding hydrogens is 391 g/mol. The Balaban J connectivity index is 1.20. The van der Waals surface area contributed by atoms with Crippen LogP contribution in [0.5, 0.6) is 5.75 Å². The van der Waals surface area contributed by atoms with Gasteiger partial charge in [0.25, 0.3) is 5.91 Å². The number of nitrogens with one attached hydrogen (secondary N) is 2. The van der Waals surface area contributed by atoms with Crippen LogP contribution in [0.15, 0.2) is 18.2 Å². The molecule has 1 saturated heterocycles. The van der Waals surface area contributed by atoms with Gasteiger partial charge in [0, 0.05) is 17.1 Å². The summed E-state index contributed by atoms with van der Waals surface area (Å²) in [4.78, 5) is 24.5. The zero-order valence-electron chi connectivity index (χ0n) is 15.0. The fraction of sp³-hybridized carbons (Fsp3) is 0.579. The summed E-state index contributed by atoms with van der Waals surface area (Å²) in [6, 6.07) is 4.07. The Labute approximate surface area is 166 Å². The number of thioether (sulfide) groups is 1. The number of hydrogen-bond acceptors (Lipinski definition) is 4. The topological polar surface area (TPSA) is 67.4 Å². The van der Waals surface area contributed by atoms with Crippen molar-refractivity contribution in [3.05, 3.63) is 29.0 Å². The predicted octanol–water partition coefficient (Wildman–Crippen LogP) is 2.91. The molecule has 0 spiro atoms. The average molecular weight is 413 g/mol. The molecule has 2 unspecified atom stereocenters. The molecule has 2 atom stereocenters. The van der Waals surface area contributed by atoms with Crippen molar-refractivity contribution in [3.8, 4) is 5.75 Å². The Morgan fingerprint density at radius 3 is 2.63 bits per heavy atom. The second-order valence-corrected chi connectivity index (χ2v) is 9.80. The van der Waals surface area contributed by atoms with Crippen LogP contribution in [0.1, 0.15) is 32.6 Å². The summed E-state index contributed by atoms with van der Waals surface area (Å²) < 4.78 is 18.7. The SMILES string of the molecule is CC1CSC(C(=O)NC23CC(NC(=O)COc4ccc(Cl)c(F)c4)(C2)C3)C1. The first kappa shape index (κ1) is 18.9. The lowest BCUT2D eigenvalue weighted by atomic mass is 9.44. The van der Waals surface area contributed by atoms with E-state index in [0.29, 0.717) is 5.92 Å². The van der Waals surface area contributed by atoms with Gasteiger partial charge in [-0.3, -0.25) is 9.59 Å². The number of benzene rings is 1. The third kappa shape index (κ3) is 3.76. The molecule has 3 aliphatic carbocycles. The molecule has 5 nitrogen and oxygen atoms in total. The lowest BCUT2D eigenvalue weighted by Gasteiger charge is -2.70. The molecule has 4 aliphatic rings. The number of hydrogen-bond donors (Lipinski definition) is 2. The van der Waals surface area contributed by atoms with Crippen LogP contribution in [0.3, 0.4) is 0 Å². The smallest absolute Gasteiger partial charge is 0.258 e. The number of carbonyl (C=O) groups excluding carboxylic acids is 2. The van der Waals surface area contributed by atoms with Crippen LogP contribution >= 0.6 is 23.4 Å². The molecule has 8 heteroatoms. The van der Waals surface area contributed by atoms with E-state index in [1.807, 2.05) is 0 Å². The Morgan fingerprint density at radius 1 is 1.30 bits per heavy atom. The van der Waals surface area contributed by atoms with Crippen molar-refractivity contribution in [2.45, 2.75) is 48.9 Å². The minimum Gasteiger partial charge on any atom is -0.484 e. The number of rotatable bonds is 6. The van der Waals surface area contributed by atoms with Crippen molar-refractivity contribution in [3.63, 3.8) is 0 Å². The van der Waals surface area contributed by atoms with Crippen LogP contribution < -0.4 is 15.4 Å². The zero-order chi connectivity index (χ0) is 19.2. The summed E-state index contributed by atoms with van der Waals surface area (Å²) >= 11 is 7.35. The van der Waals surface area contributed by atoms with E-state index in [0.717, 1.165) is 37.5 Å². The highest BCUT2D eigenvalue weighted by Gasteiger charge is 2.69. The third-order valence-electron chi connectivity index (χ3n) is 5.58. The lowest BCUT2D eigenvalue weighted by Crippen LogP contribution is -2.84. The monoisotopic (exact) mass is 412 g/mol. The van der Waals surface area contributed by atoms with Crippen molar-refractivity contribution in [2.24, 2.45) is 5.92 Å². The molecule has 1 aromatic rings. The van der Waals surface area contributed by atoms with E-state index in [9.17, 15) is 14.0 Å². The van der Waals surface area contributed by atoms with Crippen LogP contribution in [-0.4, -0.2) is 40.5 Å². The molecule has 1 aromatic carbocycles. The van der Waals surface area contributed by atoms with E-state index in [-0.39, 0.29) is 45.5 Å². The first-order valence-electron chi connectivity index (χ1n) is 9.11. The zero-order valence-corrected chi connectivity index (χ0v) is 16.6. The van der Waals surface area contributed by atoms with Crippen LogP contribution in [-0.2, 0) is 9.59 Å². The summed E-state index contributed by atoms with van der Waals surface area (Å²) in [5, 5.41) is 6.26. The largest absolute Gasteiger partial charge is 0.484 e. The molecule has 2 N–H and O–H groups in total. The highest BCUT2D eigenvalue weighted by molar-refractivity contribution is 8.00. The summed E-state index contributed by atoms with van der Waals surface area (Å²) in [5.41, 5.74) is -0.369. The van der Waals surface area contributed by atoms with Gasteiger partial charge in [-0.1, -0.05) is 18.5 Å². The van der Waals surface area contributed by atoms with Gasteiger partial charge in [-0.2, -0.15) is 0 Å². The van der Waals surface area contributed by atoms with Crippen molar-refractivity contribution in [2.75, 3.05) is 12.4 Å². The number of ether oxygens (including phenoxy) is 1. The molecule has 4 fully saturated rings. The minimum atomic E-state index is -0.582. The summed E-state index contributed by atoms with van der Waals surface area (Å²) in [5.74, 6) is 1.21. The quantitative estimate of drug-likeness (QED) is 0.753. The van der Waals surface area contributed by atoms with Gasteiger partial charge in [0.1, 0.15) is 11.6 Å². The van der Waals surface area contributed by atoms with Gasteiger partial charge in [0.2, 0.25) is 5.91 Å². The fourth-order valence-corrected chi connectivity index (χ4v) is 5.90. The summed E-state index contributed by atoms with van der Waals surface area (Å²) in [7, 11) is 0. The average Bonchev–Trinajstić information content (AvgIpc) is 2.99. The van der Waals surface area contributed by atoms with Gasteiger partial charge < -0.3 is 15.4 Å². The number of halogens is 2. The molecule has 146 valence electrons. The van der Waals surface area contributed by atoms with Gasteiger partial charge in [-0.25, -0.2) is 4.39 Å². The van der Waals surface area contributed by atoms with E-state index >= 15 is 0 Å². The van der Waals surface area contributed by atoms with Crippen LogP contribution in [0.4, 0.5) is 4.39 Å². The first-order valence-corrected chi connectivity index (χ1v) is 10.5. The Kier molecular flexibility index (Phi) is 4.79. The lowest BCUT2D eigenvalue weighted by molar-refractivity contribution is -0.150. The maximum absolute atomic E-state index is 13.4. The Hall–Kier alpha value is -1.47. The highest BCUT2D eigenvalue weighted by atomic mass is 35.5. The van der Waals surface area contributed by atoms with Gasteiger partial charge in [-0.05, 0) is 49.5 Å². The number of amides is 2. The second-order valence-electron chi connectivity index (χ2n) is 8.16. The second kappa shape index (κ2) is 6.85. The Morgan fingerprint density at radius 2 is 2.00 bits per heavy atom. The van der Waals surface area contributed by atoms with Crippen molar-refractivity contribution < 1.29 is 18.7 Å². The van der Waals surface area contributed by atoms with E-state index < -0.39 is 5.82 Å². The van der Waals surface area contributed by atoms with Crippen LogP contribution in [0.2, 0.25) is 5.02 Å². The van der Waals surface area contributed by atoms with E-state index in [1.54, 1.807) is 11.8 Å². The van der Waals surface area contributed by atoms with Crippen LogP contribution in [0.25, 0.3) is 0 Å². The maximum Gasteiger partial charge on any atom is 0.258 e. The van der Waals surface area contributed by atoms with E-state index in [4.69, 9.17) is 16.3 Å². The van der Waals surface area contributed by atoms with E-state index in [2.05, 4.69) is 17.6 Å². The van der Waals surface area contributed by atoms with Gasteiger partial charge in [-0.15, -0.1) is 11.8 Å². The molecular formula is C19H22ClFN2O3S. The van der Waals surface area contributed by atoms with Gasteiger partial charge in [0.15, 0.2) is 6.61 Å². The summed E-state index contributed by atoms with van der Waals surface area (Å²) in [6.07, 6.45) is 3.23. The molecule has 2 bridgehead atoms. The van der Waals surface area contributed by atoms with Crippen molar-refractivity contribution >= 4 is 35.2 Å².